The van der Waals surface area contributed by atoms with E-state index in [4.69, 9.17) is 0 Å². The van der Waals surface area contributed by atoms with Crippen LogP contribution in [0, 0.1) is 0 Å². The van der Waals surface area contributed by atoms with Crippen molar-refractivity contribution in [3.05, 3.63) is 29.8 Å². The van der Waals surface area contributed by atoms with Crippen LogP contribution in [0.15, 0.2) is 29.2 Å². The van der Waals surface area contributed by atoms with Crippen LogP contribution in [-0.4, -0.2) is 27.8 Å². The molecule has 0 bridgehead atoms. The lowest BCUT2D eigenvalue weighted by Gasteiger charge is -2.27. The molecular formula is C10H13NO2S. The first kappa shape index (κ1) is 9.68. The summed E-state index contributed by atoms with van der Waals surface area (Å²) < 4.78 is 22.4. The Bertz CT molecular complexity index is 418. The molecule has 2 rings (SSSR count). The van der Waals surface area contributed by atoms with Crippen LogP contribution in [0.3, 0.4) is 0 Å². The number of sulfone groups is 1. The average Bonchev–Trinajstić information content (AvgIpc) is 2.00. The molecule has 1 N–H and O–H groups in total. The second-order valence-electron chi connectivity index (χ2n) is 3.70. The number of hydrogen-bond acceptors (Lipinski definition) is 3. The first-order valence-corrected chi connectivity index (χ1v) is 6.47. The van der Waals surface area contributed by atoms with Crippen LogP contribution in [0.2, 0.25) is 0 Å². The SMILES string of the molecule is CS(=O)(=O)c1ccc(C2CNC2)cc1. The van der Waals surface area contributed by atoms with Gasteiger partial charge in [0.05, 0.1) is 4.90 Å². The molecule has 14 heavy (non-hydrogen) atoms. The zero-order valence-electron chi connectivity index (χ0n) is 8.03. The highest BCUT2D eigenvalue weighted by atomic mass is 32.2. The molecule has 0 spiro atoms. The van der Waals surface area contributed by atoms with Crippen molar-refractivity contribution in [1.82, 2.24) is 5.32 Å². The normalized spacial score (nSPS) is 17.8. The summed E-state index contributed by atoms with van der Waals surface area (Å²) in [6.45, 7) is 2.00. The van der Waals surface area contributed by atoms with Gasteiger partial charge in [0, 0.05) is 25.3 Å². The minimum absolute atomic E-state index is 0.397. The smallest absolute Gasteiger partial charge is 0.175 e. The van der Waals surface area contributed by atoms with E-state index in [0.29, 0.717) is 10.8 Å². The molecule has 0 atom stereocenters. The topological polar surface area (TPSA) is 46.2 Å². The molecule has 0 aliphatic carbocycles. The second kappa shape index (κ2) is 3.37. The number of benzene rings is 1. The van der Waals surface area contributed by atoms with Gasteiger partial charge in [-0.15, -0.1) is 0 Å². The summed E-state index contributed by atoms with van der Waals surface area (Å²) in [5, 5.41) is 3.19. The van der Waals surface area contributed by atoms with Crippen LogP contribution in [0.4, 0.5) is 0 Å². The highest BCUT2D eigenvalue weighted by molar-refractivity contribution is 7.90. The molecule has 1 aliphatic heterocycles. The zero-order chi connectivity index (χ0) is 10.2. The first-order valence-electron chi connectivity index (χ1n) is 4.58. The summed E-state index contributed by atoms with van der Waals surface area (Å²) >= 11 is 0. The molecule has 0 unspecified atom stereocenters. The van der Waals surface area contributed by atoms with Crippen molar-refractivity contribution in [2.45, 2.75) is 10.8 Å². The molecule has 1 heterocycles. The quantitative estimate of drug-likeness (QED) is 0.786. The molecule has 76 valence electrons. The van der Waals surface area contributed by atoms with Gasteiger partial charge in [-0.05, 0) is 17.7 Å². The van der Waals surface area contributed by atoms with E-state index in [-0.39, 0.29) is 0 Å². The third-order valence-electron chi connectivity index (χ3n) is 2.56. The maximum Gasteiger partial charge on any atom is 0.175 e. The van der Waals surface area contributed by atoms with E-state index in [1.165, 1.54) is 11.8 Å². The van der Waals surface area contributed by atoms with Gasteiger partial charge >= 0.3 is 0 Å². The van der Waals surface area contributed by atoms with Crippen LogP contribution in [0.25, 0.3) is 0 Å². The Morgan fingerprint density at radius 2 is 1.79 bits per heavy atom. The van der Waals surface area contributed by atoms with Crippen LogP contribution >= 0.6 is 0 Å². The maximum atomic E-state index is 11.2. The van der Waals surface area contributed by atoms with Crippen LogP contribution in [0.5, 0.6) is 0 Å². The van der Waals surface area contributed by atoms with Crippen molar-refractivity contribution < 1.29 is 8.42 Å². The lowest BCUT2D eigenvalue weighted by molar-refractivity contribution is 0.448. The van der Waals surface area contributed by atoms with Gasteiger partial charge in [-0.1, -0.05) is 12.1 Å². The molecule has 1 fully saturated rings. The van der Waals surface area contributed by atoms with Gasteiger partial charge in [0.25, 0.3) is 0 Å². The van der Waals surface area contributed by atoms with E-state index >= 15 is 0 Å². The number of hydrogen-bond donors (Lipinski definition) is 1. The third kappa shape index (κ3) is 1.81. The van der Waals surface area contributed by atoms with Crippen LogP contribution in [-0.2, 0) is 9.84 Å². The summed E-state index contributed by atoms with van der Waals surface area (Å²) in [6, 6.07) is 7.18. The fourth-order valence-electron chi connectivity index (χ4n) is 1.51. The Kier molecular flexibility index (Phi) is 2.33. The van der Waals surface area contributed by atoms with Gasteiger partial charge in [0.1, 0.15) is 0 Å². The van der Waals surface area contributed by atoms with Gasteiger partial charge in [-0.2, -0.15) is 0 Å². The first-order chi connectivity index (χ1) is 6.57. The molecule has 3 nitrogen and oxygen atoms in total. The predicted octanol–water partition coefficient (Wildman–Crippen LogP) is 0.777. The molecule has 0 amide bonds. The predicted molar refractivity (Wildman–Crippen MR) is 55.2 cm³/mol. The lowest BCUT2D eigenvalue weighted by atomic mass is 9.94. The highest BCUT2D eigenvalue weighted by Gasteiger charge is 2.18. The minimum atomic E-state index is -3.05. The van der Waals surface area contributed by atoms with Crippen molar-refractivity contribution in [2.75, 3.05) is 19.3 Å². The standard InChI is InChI=1S/C10H13NO2S/c1-14(12,13)10-4-2-8(3-5-10)9-6-11-7-9/h2-5,9,11H,6-7H2,1H3. The number of rotatable bonds is 2. The van der Waals surface area contributed by atoms with Crippen LogP contribution in [0.1, 0.15) is 11.5 Å². The molecule has 1 aromatic carbocycles. The van der Waals surface area contributed by atoms with Crippen molar-refractivity contribution in [1.29, 1.82) is 0 Å². The largest absolute Gasteiger partial charge is 0.315 e. The van der Waals surface area contributed by atoms with Gasteiger partial charge in [-0.3, -0.25) is 0 Å². The second-order valence-corrected chi connectivity index (χ2v) is 5.71. The fraction of sp³-hybridized carbons (Fsp3) is 0.400. The highest BCUT2D eigenvalue weighted by Crippen LogP contribution is 2.21. The molecule has 1 aromatic rings. The maximum absolute atomic E-state index is 11.2. The zero-order valence-corrected chi connectivity index (χ0v) is 8.84. The summed E-state index contributed by atoms with van der Waals surface area (Å²) in [6.07, 6.45) is 1.23. The Hall–Kier alpha value is -0.870. The Morgan fingerprint density at radius 1 is 1.21 bits per heavy atom. The molecule has 1 saturated heterocycles. The van der Waals surface area contributed by atoms with Gasteiger partial charge in [0.2, 0.25) is 0 Å². The summed E-state index contributed by atoms with van der Waals surface area (Å²) in [5.74, 6) is 0.559. The van der Waals surface area contributed by atoms with E-state index in [1.54, 1.807) is 12.1 Å². The molecule has 0 saturated carbocycles. The summed E-state index contributed by atoms with van der Waals surface area (Å²) in [5.41, 5.74) is 1.22. The number of nitrogens with one attached hydrogen (secondary N) is 1. The molecule has 0 aromatic heterocycles. The summed E-state index contributed by atoms with van der Waals surface area (Å²) in [4.78, 5) is 0.397. The van der Waals surface area contributed by atoms with Gasteiger partial charge in [-0.25, -0.2) is 8.42 Å². The van der Waals surface area contributed by atoms with Crippen molar-refractivity contribution in [3.8, 4) is 0 Å². The van der Waals surface area contributed by atoms with E-state index < -0.39 is 9.84 Å². The fourth-order valence-corrected chi connectivity index (χ4v) is 2.14. The third-order valence-corrected chi connectivity index (χ3v) is 3.69. The van der Waals surface area contributed by atoms with Gasteiger partial charge < -0.3 is 5.32 Å². The molecular weight excluding hydrogens is 198 g/mol. The molecule has 0 radical (unpaired) electrons. The van der Waals surface area contributed by atoms with Crippen molar-refractivity contribution >= 4 is 9.84 Å². The van der Waals surface area contributed by atoms with Crippen LogP contribution < -0.4 is 5.32 Å². The Morgan fingerprint density at radius 3 is 2.14 bits per heavy atom. The Labute approximate surface area is 84.1 Å². The Balaban J connectivity index is 2.26. The molecule has 1 aliphatic rings. The van der Waals surface area contributed by atoms with E-state index in [1.807, 2.05) is 12.1 Å². The lowest BCUT2D eigenvalue weighted by Crippen LogP contribution is -2.39. The minimum Gasteiger partial charge on any atom is -0.315 e. The van der Waals surface area contributed by atoms with E-state index in [2.05, 4.69) is 5.32 Å². The van der Waals surface area contributed by atoms with Crippen molar-refractivity contribution in [3.63, 3.8) is 0 Å². The monoisotopic (exact) mass is 211 g/mol. The van der Waals surface area contributed by atoms with E-state index in [0.717, 1.165) is 13.1 Å². The van der Waals surface area contributed by atoms with E-state index in [9.17, 15) is 8.42 Å². The molecule has 4 heteroatoms. The average molecular weight is 211 g/mol. The summed E-state index contributed by atoms with van der Waals surface area (Å²) in [7, 11) is -3.05. The van der Waals surface area contributed by atoms with Gasteiger partial charge in [0.15, 0.2) is 9.84 Å². The van der Waals surface area contributed by atoms with Crippen molar-refractivity contribution in [2.24, 2.45) is 0 Å².